The van der Waals surface area contributed by atoms with E-state index in [1.165, 1.54) is 11.0 Å². The summed E-state index contributed by atoms with van der Waals surface area (Å²) in [6.45, 7) is 10.5. The summed E-state index contributed by atoms with van der Waals surface area (Å²) in [5, 5.41) is 2.27. The van der Waals surface area contributed by atoms with Gasteiger partial charge < -0.3 is 13.9 Å². The van der Waals surface area contributed by atoms with Crippen molar-refractivity contribution >= 4 is 27.8 Å². The monoisotopic (exact) mass is 476 g/mol. The summed E-state index contributed by atoms with van der Waals surface area (Å²) < 4.78 is 11.4. The Morgan fingerprint density at radius 2 is 1.31 bits per heavy atom. The Morgan fingerprint density at radius 1 is 0.750 bits per heavy atom. The first kappa shape index (κ1) is 22.7. The molecule has 4 heteroatoms. The molecule has 1 unspecified atom stereocenters. The molecule has 0 N–H and O–H groups in total. The summed E-state index contributed by atoms with van der Waals surface area (Å²) in [7, 11) is 0. The van der Waals surface area contributed by atoms with Gasteiger partial charge in [0.15, 0.2) is 5.60 Å². The molecule has 182 valence electrons. The number of fused-ring (bicyclic) bond motifs is 3. The van der Waals surface area contributed by atoms with E-state index in [0.717, 1.165) is 64.8 Å². The maximum absolute atomic E-state index is 13.5. The van der Waals surface area contributed by atoms with Crippen LogP contribution in [0.5, 0.6) is 0 Å². The van der Waals surface area contributed by atoms with Crippen LogP contribution in [0, 0.1) is 13.8 Å². The van der Waals surface area contributed by atoms with Gasteiger partial charge in [-0.2, -0.15) is 0 Å². The highest BCUT2D eigenvalue weighted by Gasteiger charge is 2.53. The average Bonchev–Trinajstić information content (AvgIpc) is 3.47. The molecular formula is C32H32N2O2. The van der Waals surface area contributed by atoms with Gasteiger partial charge in [0.05, 0.1) is 5.56 Å². The zero-order valence-corrected chi connectivity index (χ0v) is 21.5. The van der Waals surface area contributed by atoms with Crippen LogP contribution in [0.15, 0.2) is 72.8 Å². The lowest BCUT2D eigenvalue weighted by Gasteiger charge is -2.31. The normalized spacial score (nSPS) is 17.2. The van der Waals surface area contributed by atoms with Crippen LogP contribution in [-0.2, 0) is 23.4 Å². The Hall–Kier alpha value is -3.79. The van der Waals surface area contributed by atoms with Crippen molar-refractivity contribution in [3.63, 3.8) is 0 Å². The Balaban J connectivity index is 1.81. The fourth-order valence-electron chi connectivity index (χ4n) is 6.48. The number of cyclic esters (lactones) is 1. The third-order valence-electron chi connectivity index (χ3n) is 7.99. The Labute approximate surface area is 212 Å². The molecule has 0 amide bonds. The van der Waals surface area contributed by atoms with E-state index in [1.807, 2.05) is 18.2 Å². The van der Waals surface area contributed by atoms with Crippen LogP contribution in [0.4, 0.5) is 0 Å². The second kappa shape index (κ2) is 8.41. The molecule has 6 rings (SSSR count). The summed E-state index contributed by atoms with van der Waals surface area (Å²) in [6, 6.07) is 25.0. The van der Waals surface area contributed by atoms with Crippen molar-refractivity contribution in [3.8, 4) is 0 Å². The highest BCUT2D eigenvalue weighted by molar-refractivity contribution is 6.01. The molecule has 0 radical (unpaired) electrons. The van der Waals surface area contributed by atoms with Crippen molar-refractivity contribution in [2.45, 2.75) is 59.2 Å². The van der Waals surface area contributed by atoms with E-state index < -0.39 is 5.60 Å². The molecule has 0 saturated heterocycles. The second-order valence-electron chi connectivity index (χ2n) is 9.82. The number of para-hydroxylation sites is 2. The molecule has 0 saturated carbocycles. The quantitative estimate of drug-likeness (QED) is 0.238. The van der Waals surface area contributed by atoms with E-state index in [0.29, 0.717) is 5.56 Å². The predicted molar refractivity (Wildman–Crippen MR) is 146 cm³/mol. The number of rotatable bonds is 6. The van der Waals surface area contributed by atoms with Crippen molar-refractivity contribution < 1.29 is 9.53 Å². The van der Waals surface area contributed by atoms with E-state index >= 15 is 0 Å². The van der Waals surface area contributed by atoms with Crippen LogP contribution >= 0.6 is 0 Å². The predicted octanol–water partition coefficient (Wildman–Crippen LogP) is 7.50. The lowest BCUT2D eigenvalue weighted by atomic mass is 9.77. The molecular weight excluding hydrogens is 444 g/mol. The van der Waals surface area contributed by atoms with Crippen LogP contribution in [0.2, 0.25) is 0 Å². The average molecular weight is 477 g/mol. The Kier molecular flexibility index (Phi) is 5.29. The Morgan fingerprint density at radius 3 is 1.94 bits per heavy atom. The molecule has 5 aromatic rings. The molecule has 0 aliphatic carbocycles. The molecule has 2 aromatic heterocycles. The molecule has 3 aromatic carbocycles. The summed E-state index contributed by atoms with van der Waals surface area (Å²) in [4.78, 5) is 13.5. The van der Waals surface area contributed by atoms with Crippen LogP contribution in [0.25, 0.3) is 21.8 Å². The van der Waals surface area contributed by atoms with Gasteiger partial charge in [-0.3, -0.25) is 0 Å². The van der Waals surface area contributed by atoms with E-state index in [4.69, 9.17) is 4.74 Å². The summed E-state index contributed by atoms with van der Waals surface area (Å²) in [6.07, 6.45) is 2.21. The molecule has 1 aliphatic rings. The minimum Gasteiger partial charge on any atom is -0.440 e. The van der Waals surface area contributed by atoms with Crippen molar-refractivity contribution in [1.82, 2.24) is 9.13 Å². The van der Waals surface area contributed by atoms with E-state index in [1.54, 1.807) is 0 Å². The molecule has 0 bridgehead atoms. The van der Waals surface area contributed by atoms with Gasteiger partial charge in [-0.05, 0) is 45.4 Å². The van der Waals surface area contributed by atoms with E-state index in [9.17, 15) is 4.79 Å². The largest absolute Gasteiger partial charge is 0.440 e. The van der Waals surface area contributed by atoms with Gasteiger partial charge in [-0.25, -0.2) is 4.79 Å². The smallest absolute Gasteiger partial charge is 0.340 e. The number of hydrogen-bond acceptors (Lipinski definition) is 2. The molecule has 4 nitrogen and oxygen atoms in total. The number of hydrogen-bond donors (Lipinski definition) is 0. The fourth-order valence-corrected chi connectivity index (χ4v) is 6.48. The lowest BCUT2D eigenvalue weighted by Crippen LogP contribution is -2.31. The van der Waals surface area contributed by atoms with Crippen molar-refractivity contribution in [2.24, 2.45) is 0 Å². The first-order chi connectivity index (χ1) is 17.5. The van der Waals surface area contributed by atoms with Crippen molar-refractivity contribution in [1.29, 1.82) is 0 Å². The van der Waals surface area contributed by atoms with Gasteiger partial charge in [0.25, 0.3) is 0 Å². The zero-order valence-electron chi connectivity index (χ0n) is 21.5. The van der Waals surface area contributed by atoms with Crippen LogP contribution in [-0.4, -0.2) is 15.1 Å². The minimum atomic E-state index is -1.03. The van der Waals surface area contributed by atoms with E-state index in [-0.39, 0.29) is 5.97 Å². The minimum absolute atomic E-state index is 0.261. The van der Waals surface area contributed by atoms with Gasteiger partial charge in [-0.1, -0.05) is 67.9 Å². The van der Waals surface area contributed by atoms with Crippen molar-refractivity contribution in [2.75, 3.05) is 0 Å². The maximum Gasteiger partial charge on any atom is 0.340 e. The summed E-state index contributed by atoms with van der Waals surface area (Å²) in [5.74, 6) is -0.261. The van der Waals surface area contributed by atoms with Crippen LogP contribution in [0.3, 0.4) is 0 Å². The number of esters is 1. The fraction of sp³-hybridized carbons (Fsp3) is 0.281. The highest BCUT2D eigenvalue weighted by atomic mass is 16.6. The third kappa shape index (κ3) is 2.90. The van der Waals surface area contributed by atoms with E-state index in [2.05, 4.69) is 91.4 Å². The van der Waals surface area contributed by atoms with Gasteiger partial charge >= 0.3 is 5.97 Å². The van der Waals surface area contributed by atoms with Crippen molar-refractivity contribution in [3.05, 3.63) is 106 Å². The molecule has 1 atom stereocenters. The number of aryl methyl sites for hydroxylation is 2. The Bertz CT molecular complexity index is 1640. The first-order valence-electron chi connectivity index (χ1n) is 13.0. The van der Waals surface area contributed by atoms with Crippen LogP contribution < -0.4 is 0 Å². The second-order valence-corrected chi connectivity index (χ2v) is 9.82. The van der Waals surface area contributed by atoms with Gasteiger partial charge in [0.2, 0.25) is 0 Å². The molecule has 0 fully saturated rings. The summed E-state index contributed by atoms with van der Waals surface area (Å²) >= 11 is 0. The lowest BCUT2D eigenvalue weighted by molar-refractivity contribution is 0.0255. The molecule has 1 aliphatic heterocycles. The SMILES string of the molecule is CCCCn1c(C)c(C2(c3c(C)n(CC)c4ccccc34)OC(=O)c3ccccc32)c2ccccc21. The number of carbonyl (C=O) groups is 1. The topological polar surface area (TPSA) is 36.2 Å². The first-order valence-corrected chi connectivity index (χ1v) is 13.0. The maximum atomic E-state index is 13.5. The number of unbranched alkanes of at least 4 members (excludes halogenated alkanes) is 1. The number of nitrogens with zero attached hydrogens (tertiary/aromatic N) is 2. The number of benzene rings is 3. The molecule has 36 heavy (non-hydrogen) atoms. The standard InChI is InChI=1S/C32H32N2O2/c1-5-7-20-34-22(4)30(25-16-10-13-19-28(25)34)32(26-17-11-8-14-23(26)31(35)36-32)29-21(3)33(6-2)27-18-12-9-15-24(27)29/h8-19H,5-7,20H2,1-4H3. The molecule has 3 heterocycles. The van der Waals surface area contributed by atoms with Gasteiger partial charge in [0.1, 0.15) is 0 Å². The number of carbonyl (C=O) groups excluding carboxylic acids is 1. The zero-order chi connectivity index (χ0) is 25.0. The van der Waals surface area contributed by atoms with Gasteiger partial charge in [0, 0.05) is 63.0 Å². The number of ether oxygens (including phenoxy) is 1. The van der Waals surface area contributed by atoms with Gasteiger partial charge in [-0.15, -0.1) is 0 Å². The third-order valence-corrected chi connectivity index (χ3v) is 7.99. The van der Waals surface area contributed by atoms with Crippen LogP contribution in [0.1, 0.15) is 65.1 Å². The number of aromatic nitrogens is 2. The summed E-state index contributed by atoms with van der Waals surface area (Å²) in [5.41, 5.74) is 7.34. The highest BCUT2D eigenvalue weighted by Crippen LogP contribution is 2.53. The molecule has 0 spiro atoms.